The van der Waals surface area contributed by atoms with Gasteiger partial charge >= 0.3 is 0 Å². The number of hydrogen-bond donors (Lipinski definition) is 0. The van der Waals surface area contributed by atoms with Crippen LogP contribution in [-0.2, 0) is 0 Å². The third kappa shape index (κ3) is 3.98. The number of nitrogens with zero attached hydrogens (tertiary/aromatic N) is 4. The first-order valence-electron chi connectivity index (χ1n) is 15.1. The van der Waals surface area contributed by atoms with Crippen LogP contribution < -0.4 is 0 Å². The average Bonchev–Trinajstić information content (AvgIpc) is 3.66. The molecule has 3 heterocycles. The van der Waals surface area contributed by atoms with E-state index in [1.54, 1.807) is 0 Å². The first-order chi connectivity index (χ1) is 22.2. The molecule has 0 spiro atoms. The molecule has 212 valence electrons. The zero-order chi connectivity index (χ0) is 29.9. The van der Waals surface area contributed by atoms with Gasteiger partial charge in [-0.1, -0.05) is 103 Å². The fourth-order valence-electron chi connectivity index (χ4n) is 6.53. The van der Waals surface area contributed by atoms with Crippen molar-refractivity contribution in [2.24, 2.45) is 0 Å². The van der Waals surface area contributed by atoms with E-state index in [0.717, 1.165) is 55.4 Å². The smallest absolute Gasteiger partial charge is 0.164 e. The van der Waals surface area contributed by atoms with Crippen LogP contribution in [0.3, 0.4) is 0 Å². The maximum atomic E-state index is 6.69. The molecule has 45 heavy (non-hydrogen) atoms. The van der Waals surface area contributed by atoms with Gasteiger partial charge in [0, 0.05) is 44.1 Å². The molecule has 5 nitrogen and oxygen atoms in total. The fraction of sp³-hybridized carbons (Fsp3) is 0.0250. The Morgan fingerprint density at radius 1 is 0.511 bits per heavy atom. The van der Waals surface area contributed by atoms with Gasteiger partial charge in [-0.2, -0.15) is 0 Å². The highest BCUT2D eigenvalue weighted by Crippen LogP contribution is 2.42. The van der Waals surface area contributed by atoms with Gasteiger partial charge in [0.15, 0.2) is 17.5 Å². The van der Waals surface area contributed by atoms with Crippen molar-refractivity contribution < 1.29 is 4.42 Å². The van der Waals surface area contributed by atoms with Gasteiger partial charge in [0.05, 0.1) is 16.4 Å². The second kappa shape index (κ2) is 10.00. The molecule has 0 unspecified atom stereocenters. The normalized spacial score (nSPS) is 11.7. The number of para-hydroxylation sites is 2. The topological polar surface area (TPSA) is 56.7 Å². The molecule has 0 atom stereocenters. The molecule has 9 rings (SSSR count). The highest BCUT2D eigenvalue weighted by Gasteiger charge is 2.22. The number of fused-ring (bicyclic) bond motifs is 7. The predicted molar refractivity (Wildman–Crippen MR) is 182 cm³/mol. The average molecular weight is 579 g/mol. The molecule has 0 aliphatic carbocycles. The summed E-state index contributed by atoms with van der Waals surface area (Å²) in [7, 11) is 0. The molecule has 6 aromatic carbocycles. The fourth-order valence-corrected chi connectivity index (χ4v) is 6.53. The minimum atomic E-state index is 0.617. The zero-order valence-corrected chi connectivity index (χ0v) is 24.5. The van der Waals surface area contributed by atoms with Crippen molar-refractivity contribution in [1.82, 2.24) is 19.5 Å². The van der Waals surface area contributed by atoms with Crippen molar-refractivity contribution in [3.05, 3.63) is 145 Å². The van der Waals surface area contributed by atoms with Gasteiger partial charge in [-0.15, -0.1) is 0 Å². The van der Waals surface area contributed by atoms with Gasteiger partial charge in [0.25, 0.3) is 0 Å². The number of hydrogen-bond acceptors (Lipinski definition) is 4. The lowest BCUT2D eigenvalue weighted by molar-refractivity contribution is 0.666. The number of furan rings is 1. The Morgan fingerprint density at radius 3 is 1.78 bits per heavy atom. The van der Waals surface area contributed by atoms with Crippen LogP contribution in [0.5, 0.6) is 0 Å². The first-order valence-corrected chi connectivity index (χ1v) is 15.1. The lowest BCUT2D eigenvalue weighted by Gasteiger charge is -2.10. The van der Waals surface area contributed by atoms with E-state index in [4.69, 9.17) is 19.4 Å². The molecule has 0 N–H and O–H groups in total. The Morgan fingerprint density at radius 2 is 1.09 bits per heavy atom. The third-order valence-corrected chi connectivity index (χ3v) is 8.64. The molecular weight excluding hydrogens is 552 g/mol. The van der Waals surface area contributed by atoms with Crippen molar-refractivity contribution in [2.45, 2.75) is 6.92 Å². The maximum absolute atomic E-state index is 6.69. The van der Waals surface area contributed by atoms with Gasteiger partial charge in [-0.25, -0.2) is 15.0 Å². The minimum absolute atomic E-state index is 0.617. The Hall–Kier alpha value is -6.07. The number of aromatic nitrogens is 4. The van der Waals surface area contributed by atoms with Crippen molar-refractivity contribution in [3.8, 4) is 39.9 Å². The van der Waals surface area contributed by atoms with Crippen LogP contribution >= 0.6 is 0 Å². The molecule has 0 aliphatic rings. The molecule has 9 aromatic rings. The number of aryl methyl sites for hydroxylation is 1. The third-order valence-electron chi connectivity index (χ3n) is 8.64. The van der Waals surface area contributed by atoms with Gasteiger partial charge < -0.3 is 8.98 Å². The van der Waals surface area contributed by atoms with Crippen LogP contribution in [0.15, 0.2) is 144 Å². The number of benzene rings is 6. The lowest BCUT2D eigenvalue weighted by Crippen LogP contribution is -2.01. The summed E-state index contributed by atoms with van der Waals surface area (Å²) in [6, 6.07) is 47.8. The van der Waals surface area contributed by atoms with Crippen LogP contribution in [0, 0.1) is 6.92 Å². The molecule has 3 aromatic heterocycles. The van der Waals surface area contributed by atoms with Crippen molar-refractivity contribution >= 4 is 43.7 Å². The van der Waals surface area contributed by atoms with Crippen LogP contribution in [0.2, 0.25) is 0 Å². The van der Waals surface area contributed by atoms with E-state index in [9.17, 15) is 0 Å². The molecule has 0 fully saturated rings. The van der Waals surface area contributed by atoms with E-state index in [0.29, 0.717) is 17.5 Å². The molecular formula is C40H26N4O. The maximum Gasteiger partial charge on any atom is 0.164 e. The summed E-state index contributed by atoms with van der Waals surface area (Å²) in [6.45, 7) is 2.10. The predicted octanol–water partition coefficient (Wildman–Crippen LogP) is 10.2. The molecule has 0 bridgehead atoms. The zero-order valence-electron chi connectivity index (χ0n) is 24.5. The monoisotopic (exact) mass is 578 g/mol. The van der Waals surface area contributed by atoms with Gasteiger partial charge in [0.2, 0.25) is 0 Å². The van der Waals surface area contributed by atoms with Crippen molar-refractivity contribution in [3.63, 3.8) is 0 Å². The molecule has 0 amide bonds. The molecule has 0 aliphatic heterocycles. The SMILES string of the molecule is Cc1c(-c2nc(-c3ccccc3)nc(-c3ccccc3)n2)ccc2c1oc1ccc3c4ccccc4n(-c4ccccc4)c3c12. The lowest BCUT2D eigenvalue weighted by atomic mass is 10.0. The standard InChI is InChI=1S/C40H26N4O/c1-25-29(40-42-38(26-13-5-2-6-14-26)41-39(43-40)27-15-7-3-8-16-27)21-22-32-35-34(45-37(25)32)24-23-31-30-19-11-12-20-33(30)44(36(31)35)28-17-9-4-10-18-28/h2-24H,1H3. The minimum Gasteiger partial charge on any atom is -0.456 e. The Bertz CT molecular complexity index is 2470. The summed E-state index contributed by atoms with van der Waals surface area (Å²) in [6.07, 6.45) is 0. The first kappa shape index (κ1) is 25.4. The van der Waals surface area contributed by atoms with Gasteiger partial charge in [0.1, 0.15) is 11.2 Å². The van der Waals surface area contributed by atoms with Crippen molar-refractivity contribution in [2.75, 3.05) is 0 Å². The Kier molecular flexibility index (Phi) is 5.65. The second-order valence-electron chi connectivity index (χ2n) is 11.3. The molecule has 0 radical (unpaired) electrons. The van der Waals surface area contributed by atoms with Crippen molar-refractivity contribution in [1.29, 1.82) is 0 Å². The second-order valence-corrected chi connectivity index (χ2v) is 11.3. The van der Waals surface area contributed by atoms with Crippen LogP contribution in [0.4, 0.5) is 0 Å². The van der Waals surface area contributed by atoms with Crippen LogP contribution in [0.1, 0.15) is 5.56 Å². The van der Waals surface area contributed by atoms with E-state index in [-0.39, 0.29) is 0 Å². The van der Waals surface area contributed by atoms with Crippen LogP contribution in [0.25, 0.3) is 83.6 Å². The Balaban J connectivity index is 1.32. The summed E-state index contributed by atoms with van der Waals surface area (Å²) in [5.41, 5.74) is 8.90. The van der Waals surface area contributed by atoms with Gasteiger partial charge in [-0.3, -0.25) is 0 Å². The molecule has 5 heteroatoms. The quantitative estimate of drug-likeness (QED) is 0.208. The van der Waals surface area contributed by atoms with E-state index in [2.05, 4.69) is 90.4 Å². The van der Waals surface area contributed by atoms with E-state index >= 15 is 0 Å². The van der Waals surface area contributed by atoms with E-state index in [1.165, 1.54) is 16.3 Å². The summed E-state index contributed by atoms with van der Waals surface area (Å²) in [5, 5.41) is 4.58. The summed E-state index contributed by atoms with van der Waals surface area (Å²) in [4.78, 5) is 14.8. The Labute approximate surface area is 259 Å². The van der Waals surface area contributed by atoms with Crippen LogP contribution in [-0.4, -0.2) is 19.5 Å². The summed E-state index contributed by atoms with van der Waals surface area (Å²) >= 11 is 0. The highest BCUT2D eigenvalue weighted by molar-refractivity contribution is 6.25. The summed E-state index contributed by atoms with van der Waals surface area (Å²) in [5.74, 6) is 1.89. The highest BCUT2D eigenvalue weighted by atomic mass is 16.3. The largest absolute Gasteiger partial charge is 0.456 e. The van der Waals surface area contributed by atoms with E-state index in [1.807, 2.05) is 60.7 Å². The summed E-state index contributed by atoms with van der Waals surface area (Å²) < 4.78 is 9.04. The molecule has 0 saturated carbocycles. The molecule has 0 saturated heterocycles. The number of rotatable bonds is 4. The van der Waals surface area contributed by atoms with E-state index < -0.39 is 0 Å². The van der Waals surface area contributed by atoms with Gasteiger partial charge in [-0.05, 0) is 43.3 Å².